The number of ether oxygens (including phenoxy) is 1. The van der Waals surface area contributed by atoms with E-state index >= 15 is 0 Å². The minimum Gasteiger partial charge on any atom is -0.367 e. The summed E-state index contributed by atoms with van der Waals surface area (Å²) in [6.07, 6.45) is 2.62. The van der Waals surface area contributed by atoms with Crippen LogP contribution in [0, 0.1) is 0 Å². The molecule has 0 amide bonds. The highest BCUT2D eigenvalue weighted by molar-refractivity contribution is 8.33. The van der Waals surface area contributed by atoms with Gasteiger partial charge in [-0.1, -0.05) is 60.1 Å². The van der Waals surface area contributed by atoms with Gasteiger partial charge in [-0.25, -0.2) is 3.63 Å². The zero-order chi connectivity index (χ0) is 20.4. The van der Waals surface area contributed by atoms with Gasteiger partial charge in [0.25, 0.3) is 0 Å². The number of benzene rings is 2. The van der Waals surface area contributed by atoms with Gasteiger partial charge in [-0.3, -0.25) is 0 Å². The van der Waals surface area contributed by atoms with Gasteiger partial charge in [-0.15, -0.1) is 0 Å². The van der Waals surface area contributed by atoms with E-state index in [1.165, 1.54) is 0 Å². The zero-order valence-electron chi connectivity index (χ0n) is 15.4. The maximum absolute atomic E-state index is 13.2. The van der Waals surface area contributed by atoms with Crippen LogP contribution >= 0.6 is 10.3 Å². The minimum atomic E-state index is -5.76. The van der Waals surface area contributed by atoms with Crippen LogP contribution in [-0.4, -0.2) is 31.7 Å². The number of halogens is 3. The lowest BCUT2D eigenvalue weighted by atomic mass is 10.1. The zero-order valence-corrected chi connectivity index (χ0v) is 17.1. The Morgan fingerprint density at radius 1 is 1.14 bits per heavy atom. The molecule has 0 saturated carbocycles. The third kappa shape index (κ3) is 4.03. The molecule has 4 nitrogen and oxygen atoms in total. The van der Waals surface area contributed by atoms with Crippen LogP contribution in [0.1, 0.15) is 32.6 Å². The molecule has 0 spiro atoms. The molecule has 0 radical (unpaired) electrons. The fourth-order valence-electron chi connectivity index (χ4n) is 3.40. The molecular formula is C19H23F3O4S2. The number of hydrogen-bond acceptors (Lipinski definition) is 4. The normalized spacial score (nSPS) is 25.6. The predicted octanol–water partition coefficient (Wildman–Crippen LogP) is 5.72. The Bertz CT molecular complexity index is 925. The molecular weight excluding hydrogens is 413 g/mol. The number of fused-ring (bicyclic) bond motifs is 1. The molecule has 1 aliphatic rings. The average Bonchev–Trinajstić information content (AvgIpc) is 3.03. The first kappa shape index (κ1) is 21.4. The summed E-state index contributed by atoms with van der Waals surface area (Å²) < 4.78 is 74.6. The molecule has 1 aliphatic heterocycles. The fraction of sp³-hybridized carbons (Fsp3) is 0.474. The van der Waals surface area contributed by atoms with Crippen LogP contribution in [-0.2, 0) is 18.5 Å². The SMILES string of the molecule is CCCCOC1CCCS1(OS(=O)(=O)C(F)(F)F)c1cccc2ccccc12. The van der Waals surface area contributed by atoms with E-state index in [4.69, 9.17) is 8.37 Å². The molecule has 2 aromatic carbocycles. The quantitative estimate of drug-likeness (QED) is 0.411. The Labute approximate surface area is 164 Å². The van der Waals surface area contributed by atoms with Crippen molar-refractivity contribution in [2.75, 3.05) is 12.4 Å². The smallest absolute Gasteiger partial charge is 0.367 e. The number of hydrogen-bond donors (Lipinski definition) is 0. The largest absolute Gasteiger partial charge is 0.523 e. The molecule has 0 aliphatic carbocycles. The van der Waals surface area contributed by atoms with E-state index in [2.05, 4.69) is 0 Å². The maximum Gasteiger partial charge on any atom is 0.523 e. The van der Waals surface area contributed by atoms with Crippen LogP contribution in [0.3, 0.4) is 0 Å². The van der Waals surface area contributed by atoms with E-state index in [0.29, 0.717) is 29.7 Å². The fourth-order valence-corrected chi connectivity index (χ4v) is 9.00. The van der Waals surface area contributed by atoms with Gasteiger partial charge in [0.1, 0.15) is 5.44 Å². The van der Waals surface area contributed by atoms with Gasteiger partial charge in [-0.2, -0.15) is 21.6 Å². The Hall–Kier alpha value is -1.29. The summed E-state index contributed by atoms with van der Waals surface area (Å²) in [7, 11) is -8.62. The predicted molar refractivity (Wildman–Crippen MR) is 105 cm³/mol. The minimum absolute atomic E-state index is 0.215. The van der Waals surface area contributed by atoms with Crippen LogP contribution in [0.4, 0.5) is 13.2 Å². The third-order valence-electron chi connectivity index (χ3n) is 4.73. The summed E-state index contributed by atoms with van der Waals surface area (Å²) in [4.78, 5) is 0.498. The van der Waals surface area contributed by atoms with Crippen molar-refractivity contribution in [3.63, 3.8) is 0 Å². The van der Waals surface area contributed by atoms with Gasteiger partial charge < -0.3 is 4.74 Å². The molecule has 0 N–H and O–H groups in total. The van der Waals surface area contributed by atoms with Gasteiger partial charge in [0, 0.05) is 17.3 Å². The first-order chi connectivity index (χ1) is 13.2. The van der Waals surface area contributed by atoms with Crippen LogP contribution in [0.15, 0.2) is 47.4 Å². The van der Waals surface area contributed by atoms with Crippen molar-refractivity contribution in [3.8, 4) is 0 Å². The summed E-state index contributed by atoms with van der Waals surface area (Å²) in [5.74, 6) is 0.215. The second kappa shape index (κ2) is 8.22. The molecule has 1 fully saturated rings. The highest BCUT2D eigenvalue weighted by Crippen LogP contribution is 2.69. The molecule has 28 heavy (non-hydrogen) atoms. The van der Waals surface area contributed by atoms with E-state index in [1.807, 2.05) is 25.1 Å². The Morgan fingerprint density at radius 3 is 2.57 bits per heavy atom. The second-order valence-corrected chi connectivity index (χ2v) is 11.4. The van der Waals surface area contributed by atoms with E-state index in [1.54, 1.807) is 24.3 Å². The number of rotatable bonds is 7. The van der Waals surface area contributed by atoms with Crippen molar-refractivity contribution >= 4 is 31.2 Å². The van der Waals surface area contributed by atoms with Crippen molar-refractivity contribution in [1.82, 2.24) is 0 Å². The Morgan fingerprint density at radius 2 is 1.86 bits per heavy atom. The van der Waals surface area contributed by atoms with E-state index < -0.39 is 31.4 Å². The molecule has 3 rings (SSSR count). The second-order valence-electron chi connectivity index (χ2n) is 6.67. The van der Waals surface area contributed by atoms with Crippen LogP contribution in [0.2, 0.25) is 0 Å². The highest BCUT2D eigenvalue weighted by Gasteiger charge is 2.55. The van der Waals surface area contributed by atoms with Gasteiger partial charge >= 0.3 is 15.6 Å². The van der Waals surface area contributed by atoms with Crippen LogP contribution in [0.5, 0.6) is 0 Å². The lowest BCUT2D eigenvalue weighted by molar-refractivity contribution is -0.0497. The molecule has 1 heterocycles. The average molecular weight is 437 g/mol. The maximum atomic E-state index is 13.2. The van der Waals surface area contributed by atoms with Crippen LogP contribution in [0.25, 0.3) is 10.8 Å². The van der Waals surface area contributed by atoms with Crippen molar-refractivity contribution < 1.29 is 30.0 Å². The molecule has 1 saturated heterocycles. The summed E-state index contributed by atoms with van der Waals surface area (Å²) >= 11 is 0. The topological polar surface area (TPSA) is 52.6 Å². The van der Waals surface area contributed by atoms with Crippen LogP contribution < -0.4 is 0 Å². The van der Waals surface area contributed by atoms with Gasteiger partial charge in [0.15, 0.2) is 0 Å². The number of alkyl halides is 3. The van der Waals surface area contributed by atoms with E-state index in [0.717, 1.165) is 18.2 Å². The highest BCUT2D eigenvalue weighted by atomic mass is 32.3. The van der Waals surface area contributed by atoms with Crippen molar-refractivity contribution in [1.29, 1.82) is 0 Å². The molecule has 2 aromatic rings. The molecule has 0 aromatic heterocycles. The summed E-state index contributed by atoms with van der Waals surface area (Å²) in [6.45, 7) is 2.34. The summed E-state index contributed by atoms with van der Waals surface area (Å²) in [5.41, 5.74) is -6.17. The molecule has 0 bridgehead atoms. The van der Waals surface area contributed by atoms with E-state index in [-0.39, 0.29) is 5.75 Å². The first-order valence-corrected chi connectivity index (χ1v) is 12.3. The lowest BCUT2D eigenvalue weighted by Gasteiger charge is -2.40. The monoisotopic (exact) mass is 436 g/mol. The molecule has 2 unspecified atom stereocenters. The number of unbranched alkanes of at least 4 members (excludes halogenated alkanes) is 1. The van der Waals surface area contributed by atoms with Crippen molar-refractivity contribution in [2.24, 2.45) is 0 Å². The van der Waals surface area contributed by atoms with Gasteiger partial charge in [0.2, 0.25) is 0 Å². The molecule has 156 valence electrons. The van der Waals surface area contributed by atoms with Gasteiger partial charge in [0.05, 0.1) is 0 Å². The van der Waals surface area contributed by atoms with E-state index in [9.17, 15) is 21.6 Å². The third-order valence-corrected chi connectivity index (χ3v) is 10.2. The van der Waals surface area contributed by atoms with Crippen molar-refractivity contribution in [2.45, 2.75) is 48.4 Å². The first-order valence-electron chi connectivity index (χ1n) is 9.13. The molecule has 9 heteroatoms. The summed E-state index contributed by atoms with van der Waals surface area (Å²) in [5, 5.41) is 1.52. The Kier molecular flexibility index (Phi) is 6.29. The summed E-state index contributed by atoms with van der Waals surface area (Å²) in [6, 6.07) is 12.5. The lowest BCUT2D eigenvalue weighted by Crippen LogP contribution is -2.31. The van der Waals surface area contributed by atoms with Gasteiger partial charge in [-0.05, 0) is 36.1 Å². The molecule has 2 atom stereocenters. The van der Waals surface area contributed by atoms with Crippen molar-refractivity contribution in [3.05, 3.63) is 42.5 Å². The Balaban J connectivity index is 2.14. The standard InChI is InChI=1S/C19H23F3O4S2/c1-2-3-13-25-18-12-7-14-27(18,26-28(23,24)19(20,21)22)17-11-6-9-15-8-4-5-10-16(15)17/h4-6,8-11,18H,2-3,7,12-14H2,1H3.